The quantitative estimate of drug-likeness (QED) is 0.0215. The summed E-state index contributed by atoms with van der Waals surface area (Å²) in [7, 11) is -4.47. The Morgan fingerprint density at radius 1 is 0.907 bits per heavy atom. The van der Waals surface area contributed by atoms with Crippen LogP contribution in [0, 0.1) is 5.92 Å². The van der Waals surface area contributed by atoms with Crippen molar-refractivity contribution in [3.05, 3.63) is 36.1 Å². The SMILES string of the molecule is CCCCCC(C(=O)NCNC(=O)c1ccc(-c2cc(OCC)cc(P(=O)(OCOC(=O)OC(C)C)OCOC(=O)OC(C)C)c2)o1)C(CC)N(O)C=O. The van der Waals surface area contributed by atoms with Gasteiger partial charge in [-0.1, -0.05) is 33.1 Å². The fraction of sp³-hybridized carbons (Fsp3) is 0.571. The highest BCUT2D eigenvalue weighted by atomic mass is 31.2. The van der Waals surface area contributed by atoms with Crippen molar-refractivity contribution in [3.8, 4) is 17.1 Å². The molecule has 0 spiro atoms. The van der Waals surface area contributed by atoms with E-state index in [0.717, 1.165) is 12.8 Å². The number of rotatable bonds is 24. The Bertz CT molecular complexity index is 1530. The van der Waals surface area contributed by atoms with Crippen LogP contribution in [0.4, 0.5) is 9.59 Å². The van der Waals surface area contributed by atoms with Gasteiger partial charge in [-0.15, -0.1) is 0 Å². The topological polar surface area (TPSA) is 228 Å². The third-order valence-corrected chi connectivity index (χ3v) is 9.17. The van der Waals surface area contributed by atoms with Crippen molar-refractivity contribution < 1.29 is 70.9 Å². The minimum absolute atomic E-state index is 0.120. The van der Waals surface area contributed by atoms with Crippen LogP contribution in [0.25, 0.3) is 11.3 Å². The van der Waals surface area contributed by atoms with E-state index in [1.54, 1.807) is 41.5 Å². The van der Waals surface area contributed by atoms with E-state index in [1.807, 2.05) is 6.92 Å². The van der Waals surface area contributed by atoms with E-state index in [0.29, 0.717) is 24.3 Å². The number of hydrogen-bond acceptors (Lipinski definition) is 15. The minimum atomic E-state index is -4.47. The fourth-order valence-electron chi connectivity index (χ4n) is 4.95. The maximum Gasteiger partial charge on any atom is 0.510 e. The summed E-state index contributed by atoms with van der Waals surface area (Å²) in [5, 5.41) is 15.6. The molecule has 54 heavy (non-hydrogen) atoms. The lowest BCUT2D eigenvalue weighted by atomic mass is 9.90. The molecule has 2 rings (SSSR count). The molecule has 1 aromatic heterocycles. The predicted molar refractivity (Wildman–Crippen MR) is 192 cm³/mol. The zero-order valence-corrected chi connectivity index (χ0v) is 32.6. The molecule has 0 bridgehead atoms. The maximum atomic E-state index is 14.2. The molecule has 0 saturated heterocycles. The highest BCUT2D eigenvalue weighted by Gasteiger charge is 2.33. The van der Waals surface area contributed by atoms with Gasteiger partial charge in [-0.05, 0) is 77.8 Å². The van der Waals surface area contributed by atoms with Crippen LogP contribution in [0.2, 0.25) is 0 Å². The molecule has 0 aliphatic rings. The maximum absolute atomic E-state index is 14.2. The summed E-state index contributed by atoms with van der Waals surface area (Å²) in [6.07, 6.45) is 0.329. The standard InChI is InChI=1S/C35H52N3O15P/c1-8-11-12-13-28(29(9-2)38(44)20-39)32(40)36-19-37-33(41)31-15-14-30(53-31)25-16-26(46-10-3)18-27(17-25)54(45,49-21-47-34(42)51-23(4)5)50-22-48-35(43)52-24(6)7/h14-18,20,23-24,28-29,44H,8-13,19,21-22H2,1-7H3,(H,36,40)(H,37,41). The lowest BCUT2D eigenvalue weighted by molar-refractivity contribution is -0.168. The van der Waals surface area contributed by atoms with Crippen molar-refractivity contribution in [2.75, 3.05) is 26.9 Å². The Hall–Kier alpha value is -4.64. The number of carbonyl (C=O) groups is 5. The molecule has 18 nitrogen and oxygen atoms in total. The van der Waals surface area contributed by atoms with E-state index in [4.69, 9.17) is 37.1 Å². The lowest BCUT2D eigenvalue weighted by Gasteiger charge is -2.29. The van der Waals surface area contributed by atoms with Crippen LogP contribution in [0.3, 0.4) is 0 Å². The van der Waals surface area contributed by atoms with Crippen LogP contribution in [0.5, 0.6) is 5.75 Å². The van der Waals surface area contributed by atoms with Gasteiger partial charge < -0.3 is 38.7 Å². The number of nitrogens with zero attached hydrogens (tertiary/aromatic N) is 1. The summed E-state index contributed by atoms with van der Waals surface area (Å²) < 4.78 is 56.0. The average molecular weight is 786 g/mol. The van der Waals surface area contributed by atoms with Crippen LogP contribution >= 0.6 is 7.60 Å². The molecule has 0 aliphatic carbocycles. The van der Waals surface area contributed by atoms with Gasteiger partial charge in [0.2, 0.25) is 25.9 Å². The van der Waals surface area contributed by atoms with E-state index in [2.05, 4.69) is 10.6 Å². The van der Waals surface area contributed by atoms with Crippen molar-refractivity contribution in [1.29, 1.82) is 0 Å². The number of carbonyl (C=O) groups excluding carboxylic acids is 5. The molecule has 0 radical (unpaired) electrons. The predicted octanol–water partition coefficient (Wildman–Crippen LogP) is 5.86. The van der Waals surface area contributed by atoms with Gasteiger partial charge in [0.25, 0.3) is 5.91 Å². The first-order valence-electron chi connectivity index (χ1n) is 17.6. The van der Waals surface area contributed by atoms with Gasteiger partial charge in [0, 0.05) is 5.56 Å². The van der Waals surface area contributed by atoms with Gasteiger partial charge in [0.1, 0.15) is 11.5 Å². The molecule has 2 unspecified atom stereocenters. The van der Waals surface area contributed by atoms with E-state index >= 15 is 0 Å². The van der Waals surface area contributed by atoms with Crippen LogP contribution in [0.15, 0.2) is 34.7 Å². The van der Waals surface area contributed by atoms with Gasteiger partial charge >= 0.3 is 19.9 Å². The normalized spacial score (nSPS) is 12.4. The van der Waals surface area contributed by atoms with E-state index < -0.39 is 69.5 Å². The first-order chi connectivity index (χ1) is 25.7. The summed E-state index contributed by atoms with van der Waals surface area (Å²) in [5.41, 5.74) is 0.264. The number of hydrogen-bond donors (Lipinski definition) is 3. The third kappa shape index (κ3) is 15.0. The zero-order chi connectivity index (χ0) is 40.3. The Labute approximate surface area is 314 Å². The van der Waals surface area contributed by atoms with E-state index in [-0.39, 0.29) is 47.8 Å². The molecule has 0 saturated carbocycles. The van der Waals surface area contributed by atoms with Crippen LogP contribution in [-0.2, 0) is 42.1 Å². The van der Waals surface area contributed by atoms with E-state index in [9.17, 15) is 33.7 Å². The smallest absolute Gasteiger partial charge is 0.494 e. The summed E-state index contributed by atoms with van der Waals surface area (Å²) in [6, 6.07) is 6.34. The Morgan fingerprint density at radius 3 is 2.07 bits per heavy atom. The number of unbranched alkanes of at least 4 members (excludes halogenated alkanes) is 2. The second-order valence-corrected chi connectivity index (χ2v) is 14.2. The van der Waals surface area contributed by atoms with Gasteiger partial charge in [0.15, 0.2) is 5.76 Å². The Balaban J connectivity index is 2.29. The molecule has 0 fully saturated rings. The van der Waals surface area contributed by atoms with Crippen molar-refractivity contribution in [2.45, 2.75) is 98.8 Å². The number of hydroxylamine groups is 2. The lowest BCUT2D eigenvalue weighted by Crippen LogP contribution is -2.47. The largest absolute Gasteiger partial charge is 0.510 e. The Morgan fingerprint density at radius 2 is 1.54 bits per heavy atom. The number of benzene rings is 1. The Kier molecular flexibility index (Phi) is 19.6. The second-order valence-electron chi connectivity index (χ2n) is 12.2. The average Bonchev–Trinajstić information content (AvgIpc) is 3.61. The van der Waals surface area contributed by atoms with Crippen LogP contribution in [0.1, 0.15) is 91.1 Å². The molecule has 0 aliphatic heterocycles. The minimum Gasteiger partial charge on any atom is -0.494 e. The number of nitrogens with one attached hydrogen (secondary N) is 2. The van der Waals surface area contributed by atoms with Crippen molar-refractivity contribution in [1.82, 2.24) is 15.7 Å². The first kappa shape index (κ1) is 45.5. The summed E-state index contributed by atoms with van der Waals surface area (Å²) in [4.78, 5) is 61.2. The second kappa shape index (κ2) is 23.2. The molecule has 2 aromatic rings. The van der Waals surface area contributed by atoms with Gasteiger partial charge in [-0.25, -0.2) is 14.7 Å². The molecule has 1 aromatic carbocycles. The highest BCUT2D eigenvalue weighted by Crippen LogP contribution is 2.48. The van der Waals surface area contributed by atoms with Crippen LogP contribution in [-0.4, -0.2) is 85.9 Å². The molecule has 3 N–H and O–H groups in total. The van der Waals surface area contributed by atoms with Gasteiger partial charge in [0.05, 0.1) is 42.7 Å². The zero-order valence-electron chi connectivity index (χ0n) is 31.7. The van der Waals surface area contributed by atoms with Crippen molar-refractivity contribution in [2.24, 2.45) is 5.92 Å². The first-order valence-corrected chi connectivity index (χ1v) is 19.1. The molecular weight excluding hydrogens is 733 g/mol. The van der Waals surface area contributed by atoms with Crippen LogP contribution < -0.4 is 20.7 Å². The van der Waals surface area contributed by atoms with Crippen molar-refractivity contribution >= 4 is 43.4 Å². The summed E-state index contributed by atoms with van der Waals surface area (Å²) >= 11 is 0. The van der Waals surface area contributed by atoms with Gasteiger partial charge in [-0.3, -0.25) is 33.2 Å². The highest BCUT2D eigenvalue weighted by molar-refractivity contribution is 7.62. The van der Waals surface area contributed by atoms with Crippen molar-refractivity contribution in [3.63, 3.8) is 0 Å². The summed E-state index contributed by atoms with van der Waals surface area (Å²) in [5.74, 6) is -1.65. The third-order valence-electron chi connectivity index (χ3n) is 7.39. The molecule has 19 heteroatoms. The molecular formula is C35H52N3O15P. The van der Waals surface area contributed by atoms with Gasteiger partial charge in [-0.2, -0.15) is 0 Å². The number of furan rings is 1. The summed E-state index contributed by atoms with van der Waals surface area (Å²) in [6.45, 7) is 10.1. The molecule has 2 atom stereocenters. The molecule has 3 amide bonds. The molecule has 302 valence electrons. The number of ether oxygens (including phenoxy) is 5. The fourth-order valence-corrected chi connectivity index (χ4v) is 6.29. The van der Waals surface area contributed by atoms with E-state index in [1.165, 1.54) is 30.3 Å². The monoisotopic (exact) mass is 785 g/mol. The molecule has 1 heterocycles. The number of amides is 3.